The standard InChI is InChI=1S/C20H30O2/c1-20-10-8-17-16-6-4-15(22)12-13(16)2-5-18(17)19(20)7-3-14(20)9-11-21/h12,14,16-19,21H,2-11H2,1H3/t14-,16?,17?,18?,19?,20?/m1/s1. The van der Waals surface area contributed by atoms with Gasteiger partial charge in [0.1, 0.15) is 0 Å². The minimum absolute atomic E-state index is 0.360. The summed E-state index contributed by atoms with van der Waals surface area (Å²) in [6.45, 7) is 2.88. The van der Waals surface area contributed by atoms with E-state index in [0.29, 0.717) is 17.8 Å². The van der Waals surface area contributed by atoms with E-state index < -0.39 is 0 Å². The molecule has 0 spiro atoms. The molecule has 3 fully saturated rings. The fraction of sp³-hybridized carbons (Fsp3) is 0.850. The molecule has 4 aliphatic carbocycles. The summed E-state index contributed by atoms with van der Waals surface area (Å²) >= 11 is 0. The normalized spacial score (nSPS) is 47.5. The van der Waals surface area contributed by atoms with Crippen LogP contribution < -0.4 is 0 Å². The van der Waals surface area contributed by atoms with Crippen LogP contribution >= 0.6 is 0 Å². The van der Waals surface area contributed by atoms with Gasteiger partial charge in [-0.1, -0.05) is 12.5 Å². The zero-order valence-corrected chi connectivity index (χ0v) is 13.9. The van der Waals surface area contributed by atoms with Crippen LogP contribution in [0.2, 0.25) is 0 Å². The number of fused-ring (bicyclic) bond motifs is 5. The molecule has 3 saturated carbocycles. The summed E-state index contributed by atoms with van der Waals surface area (Å²) in [5.41, 5.74) is 1.97. The third-order valence-electron chi connectivity index (χ3n) is 7.97. The molecule has 0 aliphatic heterocycles. The van der Waals surface area contributed by atoms with E-state index in [2.05, 4.69) is 6.92 Å². The van der Waals surface area contributed by atoms with Crippen LogP contribution in [0.5, 0.6) is 0 Å². The van der Waals surface area contributed by atoms with Gasteiger partial charge in [0.15, 0.2) is 5.78 Å². The molecule has 0 aromatic heterocycles. The first-order valence-corrected chi connectivity index (χ1v) is 9.47. The molecule has 5 unspecified atom stereocenters. The summed E-state index contributed by atoms with van der Waals surface area (Å²) in [7, 11) is 0. The van der Waals surface area contributed by atoms with E-state index in [-0.39, 0.29) is 0 Å². The lowest BCUT2D eigenvalue weighted by atomic mass is 9.51. The highest BCUT2D eigenvalue weighted by Crippen LogP contribution is 2.64. The van der Waals surface area contributed by atoms with Crippen molar-refractivity contribution in [2.24, 2.45) is 35.0 Å². The highest BCUT2D eigenvalue weighted by Gasteiger charge is 2.55. The maximum Gasteiger partial charge on any atom is 0.155 e. The van der Waals surface area contributed by atoms with E-state index in [4.69, 9.17) is 0 Å². The molecule has 0 aromatic rings. The van der Waals surface area contributed by atoms with Gasteiger partial charge < -0.3 is 5.11 Å². The summed E-state index contributed by atoms with van der Waals surface area (Å²) in [4.78, 5) is 11.7. The highest BCUT2D eigenvalue weighted by atomic mass is 16.3. The largest absolute Gasteiger partial charge is 0.396 e. The number of aliphatic hydroxyl groups excluding tert-OH is 1. The smallest absolute Gasteiger partial charge is 0.155 e. The van der Waals surface area contributed by atoms with Gasteiger partial charge in [0.2, 0.25) is 0 Å². The van der Waals surface area contributed by atoms with E-state index >= 15 is 0 Å². The minimum atomic E-state index is 0.360. The van der Waals surface area contributed by atoms with Gasteiger partial charge in [0.25, 0.3) is 0 Å². The molecule has 22 heavy (non-hydrogen) atoms. The molecule has 0 radical (unpaired) electrons. The molecule has 0 saturated heterocycles. The quantitative estimate of drug-likeness (QED) is 0.833. The number of hydrogen-bond donors (Lipinski definition) is 1. The van der Waals surface area contributed by atoms with Gasteiger partial charge in [0.05, 0.1) is 0 Å². The summed E-state index contributed by atoms with van der Waals surface area (Å²) in [5.74, 6) is 4.44. The Morgan fingerprint density at radius 3 is 2.82 bits per heavy atom. The van der Waals surface area contributed by atoms with Crippen LogP contribution in [-0.2, 0) is 4.79 Å². The van der Waals surface area contributed by atoms with Gasteiger partial charge in [-0.2, -0.15) is 0 Å². The average molecular weight is 302 g/mol. The maximum atomic E-state index is 11.7. The van der Waals surface area contributed by atoms with Crippen molar-refractivity contribution in [3.05, 3.63) is 11.6 Å². The van der Waals surface area contributed by atoms with E-state index in [0.717, 1.165) is 48.9 Å². The molecule has 0 aromatic carbocycles. The zero-order chi connectivity index (χ0) is 15.3. The lowest BCUT2D eigenvalue weighted by molar-refractivity contribution is -0.116. The van der Waals surface area contributed by atoms with Crippen LogP contribution in [0.1, 0.15) is 64.7 Å². The van der Waals surface area contributed by atoms with E-state index in [1.807, 2.05) is 6.08 Å². The lowest BCUT2D eigenvalue weighted by Gasteiger charge is -2.54. The predicted molar refractivity (Wildman–Crippen MR) is 87.3 cm³/mol. The Balaban J connectivity index is 1.58. The molecule has 2 nitrogen and oxygen atoms in total. The molecule has 122 valence electrons. The van der Waals surface area contributed by atoms with Crippen LogP contribution in [0.15, 0.2) is 11.6 Å². The van der Waals surface area contributed by atoms with Crippen LogP contribution in [-0.4, -0.2) is 17.5 Å². The first kappa shape index (κ1) is 14.9. The van der Waals surface area contributed by atoms with E-state index in [1.165, 1.54) is 44.1 Å². The zero-order valence-electron chi connectivity index (χ0n) is 13.9. The third kappa shape index (κ3) is 2.13. The van der Waals surface area contributed by atoms with Crippen molar-refractivity contribution in [1.29, 1.82) is 0 Å². The molecule has 1 N–H and O–H groups in total. The Morgan fingerprint density at radius 2 is 2.00 bits per heavy atom. The molecule has 6 atom stereocenters. The van der Waals surface area contributed by atoms with Gasteiger partial charge in [-0.3, -0.25) is 4.79 Å². The molecule has 4 aliphatic rings. The number of hydrogen-bond acceptors (Lipinski definition) is 2. The van der Waals surface area contributed by atoms with Gasteiger partial charge in [0, 0.05) is 13.0 Å². The summed E-state index contributed by atoms with van der Waals surface area (Å²) in [6, 6.07) is 0. The number of aliphatic hydroxyl groups is 1. The fourth-order valence-corrected chi connectivity index (χ4v) is 6.92. The first-order chi connectivity index (χ1) is 10.6. The second-order valence-electron chi connectivity index (χ2n) is 8.63. The molecular formula is C20H30O2. The third-order valence-corrected chi connectivity index (χ3v) is 7.97. The number of allylic oxidation sites excluding steroid dienone is 1. The lowest BCUT2D eigenvalue weighted by Crippen LogP contribution is -2.46. The Hall–Kier alpha value is -0.630. The van der Waals surface area contributed by atoms with Crippen LogP contribution in [0, 0.1) is 35.0 Å². The maximum absolute atomic E-state index is 11.7. The van der Waals surface area contributed by atoms with Crippen molar-refractivity contribution in [1.82, 2.24) is 0 Å². The molecule has 0 amide bonds. The number of carbonyl (C=O) groups is 1. The number of rotatable bonds is 2. The second-order valence-corrected chi connectivity index (χ2v) is 8.63. The van der Waals surface area contributed by atoms with Gasteiger partial charge >= 0.3 is 0 Å². The first-order valence-electron chi connectivity index (χ1n) is 9.47. The molecular weight excluding hydrogens is 272 g/mol. The van der Waals surface area contributed by atoms with Crippen LogP contribution in [0.4, 0.5) is 0 Å². The van der Waals surface area contributed by atoms with Gasteiger partial charge in [-0.15, -0.1) is 0 Å². The SMILES string of the molecule is CC12CCC3C4CCC(=O)C=C4CCC3C1CC[C@@H]2CCO. The molecule has 4 rings (SSSR count). The molecule has 0 bridgehead atoms. The minimum Gasteiger partial charge on any atom is -0.396 e. The molecule has 0 heterocycles. The van der Waals surface area contributed by atoms with Gasteiger partial charge in [-0.25, -0.2) is 0 Å². The van der Waals surface area contributed by atoms with Crippen molar-refractivity contribution in [3.63, 3.8) is 0 Å². The van der Waals surface area contributed by atoms with E-state index in [9.17, 15) is 9.90 Å². The fourth-order valence-electron chi connectivity index (χ4n) is 6.92. The van der Waals surface area contributed by atoms with Crippen molar-refractivity contribution in [2.75, 3.05) is 6.61 Å². The predicted octanol–water partition coefficient (Wildman–Crippen LogP) is 4.13. The Morgan fingerprint density at radius 1 is 1.14 bits per heavy atom. The second kappa shape index (κ2) is 5.47. The van der Waals surface area contributed by atoms with Crippen molar-refractivity contribution >= 4 is 5.78 Å². The summed E-state index contributed by atoms with van der Waals surface area (Å²) in [6.07, 6.45) is 12.8. The van der Waals surface area contributed by atoms with E-state index in [1.54, 1.807) is 0 Å². The topological polar surface area (TPSA) is 37.3 Å². The monoisotopic (exact) mass is 302 g/mol. The van der Waals surface area contributed by atoms with Crippen LogP contribution in [0.25, 0.3) is 0 Å². The number of ketones is 1. The highest BCUT2D eigenvalue weighted by molar-refractivity contribution is 5.91. The van der Waals surface area contributed by atoms with Crippen molar-refractivity contribution in [2.45, 2.75) is 64.7 Å². The Kier molecular flexibility index (Phi) is 3.71. The Labute approximate surface area is 134 Å². The summed E-state index contributed by atoms with van der Waals surface area (Å²) < 4.78 is 0. The van der Waals surface area contributed by atoms with Crippen molar-refractivity contribution in [3.8, 4) is 0 Å². The number of carbonyl (C=O) groups excluding carboxylic acids is 1. The summed E-state index contributed by atoms with van der Waals surface area (Å²) in [5, 5.41) is 9.40. The van der Waals surface area contributed by atoms with Crippen molar-refractivity contribution < 1.29 is 9.90 Å². The molecule has 2 heteroatoms. The average Bonchev–Trinajstić information content (AvgIpc) is 2.84. The van der Waals surface area contributed by atoms with Gasteiger partial charge in [-0.05, 0) is 92.4 Å². The van der Waals surface area contributed by atoms with Crippen LogP contribution in [0.3, 0.4) is 0 Å². The Bertz CT molecular complexity index is 494.